The summed E-state index contributed by atoms with van der Waals surface area (Å²) < 4.78 is 16.1. The summed E-state index contributed by atoms with van der Waals surface area (Å²) in [4.78, 5) is 21.0. The van der Waals surface area contributed by atoms with Crippen LogP contribution < -0.4 is 14.8 Å². The van der Waals surface area contributed by atoms with Crippen LogP contribution in [-0.4, -0.2) is 48.8 Å². The zero-order chi connectivity index (χ0) is 18.5. The lowest BCUT2D eigenvalue weighted by molar-refractivity contribution is -0.142. The maximum atomic E-state index is 11.7. The van der Waals surface area contributed by atoms with Crippen LogP contribution in [0.3, 0.4) is 0 Å². The van der Waals surface area contributed by atoms with Gasteiger partial charge in [0.15, 0.2) is 0 Å². The summed E-state index contributed by atoms with van der Waals surface area (Å²) in [6.45, 7) is 4.32. The standard InChI is InChI=1S/C19H23N3O4/c1-4-5-6-15-18(26-13-10-17(20-11-13)19(23)25-3)22-16-9-12(24-2)7-8-14(16)21-15/h4,7-9,13,17,20H,1,5-6,10-11H2,2-3H3/t13-,17?/m1/s1. The number of nitrogens with one attached hydrogen (secondary N) is 1. The molecule has 7 nitrogen and oxygen atoms in total. The molecule has 2 heterocycles. The Morgan fingerprint density at radius 2 is 2.19 bits per heavy atom. The van der Waals surface area contributed by atoms with Gasteiger partial charge in [-0.3, -0.25) is 4.79 Å². The molecule has 3 rings (SSSR count). The fourth-order valence-electron chi connectivity index (χ4n) is 2.95. The molecular weight excluding hydrogens is 334 g/mol. The van der Waals surface area contributed by atoms with E-state index in [2.05, 4.69) is 16.9 Å². The van der Waals surface area contributed by atoms with Crippen molar-refractivity contribution in [3.05, 3.63) is 36.5 Å². The number of hydrogen-bond donors (Lipinski definition) is 1. The van der Waals surface area contributed by atoms with Crippen LogP contribution in [0.2, 0.25) is 0 Å². The highest BCUT2D eigenvalue weighted by molar-refractivity contribution is 5.77. The Kier molecular flexibility index (Phi) is 5.68. The van der Waals surface area contributed by atoms with E-state index in [4.69, 9.17) is 19.2 Å². The monoisotopic (exact) mass is 357 g/mol. The van der Waals surface area contributed by atoms with Crippen molar-refractivity contribution < 1.29 is 19.0 Å². The van der Waals surface area contributed by atoms with Crippen LogP contribution >= 0.6 is 0 Å². The first-order valence-electron chi connectivity index (χ1n) is 8.58. The number of aromatic nitrogens is 2. The van der Waals surface area contributed by atoms with E-state index in [1.165, 1.54) is 7.11 Å². The Labute approximate surface area is 152 Å². The number of fused-ring (bicyclic) bond motifs is 1. The Balaban J connectivity index is 1.86. The molecule has 1 saturated heterocycles. The predicted molar refractivity (Wildman–Crippen MR) is 97.4 cm³/mol. The van der Waals surface area contributed by atoms with E-state index >= 15 is 0 Å². The van der Waals surface area contributed by atoms with Gasteiger partial charge in [0.1, 0.15) is 23.6 Å². The molecule has 1 aliphatic heterocycles. The first-order chi connectivity index (χ1) is 12.6. The molecule has 1 fully saturated rings. The summed E-state index contributed by atoms with van der Waals surface area (Å²) in [6, 6.07) is 5.22. The van der Waals surface area contributed by atoms with Crippen molar-refractivity contribution in [2.75, 3.05) is 20.8 Å². The second-order valence-electron chi connectivity index (χ2n) is 6.12. The van der Waals surface area contributed by atoms with E-state index in [0.717, 1.165) is 17.6 Å². The van der Waals surface area contributed by atoms with Gasteiger partial charge in [-0.2, -0.15) is 0 Å². The van der Waals surface area contributed by atoms with Crippen LogP contribution in [0.5, 0.6) is 11.6 Å². The average Bonchev–Trinajstić information content (AvgIpc) is 3.13. The van der Waals surface area contributed by atoms with Gasteiger partial charge in [0, 0.05) is 19.0 Å². The van der Waals surface area contributed by atoms with Gasteiger partial charge in [0.05, 0.1) is 25.3 Å². The number of allylic oxidation sites excluding steroid dienone is 1. The third-order valence-electron chi connectivity index (χ3n) is 4.35. The molecule has 0 aliphatic carbocycles. The number of esters is 1. The molecule has 2 atom stereocenters. The molecule has 1 aliphatic rings. The highest BCUT2D eigenvalue weighted by Gasteiger charge is 2.32. The van der Waals surface area contributed by atoms with Gasteiger partial charge < -0.3 is 19.5 Å². The Hall–Kier alpha value is -2.67. The van der Waals surface area contributed by atoms with Crippen LogP contribution in [0.25, 0.3) is 11.0 Å². The minimum atomic E-state index is -0.352. The first-order valence-corrected chi connectivity index (χ1v) is 8.58. The number of methoxy groups -OCH3 is 2. The fraction of sp³-hybridized carbons (Fsp3) is 0.421. The number of rotatable bonds is 7. The molecule has 1 N–H and O–H groups in total. The van der Waals surface area contributed by atoms with E-state index in [9.17, 15) is 4.79 Å². The maximum absolute atomic E-state index is 11.7. The third kappa shape index (κ3) is 3.94. The lowest BCUT2D eigenvalue weighted by atomic mass is 10.2. The molecule has 138 valence electrons. The van der Waals surface area contributed by atoms with Crippen LogP contribution in [0.15, 0.2) is 30.9 Å². The summed E-state index contributed by atoms with van der Waals surface area (Å²) in [5, 5.41) is 3.11. The molecule has 0 radical (unpaired) electrons. The molecule has 26 heavy (non-hydrogen) atoms. The molecule has 0 bridgehead atoms. The summed E-state index contributed by atoms with van der Waals surface area (Å²) in [5.74, 6) is 0.923. The predicted octanol–water partition coefficient (Wildman–Crippen LogP) is 2.04. The quantitative estimate of drug-likeness (QED) is 0.600. The number of benzene rings is 1. The van der Waals surface area contributed by atoms with Crippen molar-refractivity contribution >= 4 is 17.0 Å². The fourth-order valence-corrected chi connectivity index (χ4v) is 2.95. The van der Waals surface area contributed by atoms with Crippen LogP contribution in [0.1, 0.15) is 18.5 Å². The minimum absolute atomic E-state index is 0.168. The van der Waals surface area contributed by atoms with E-state index in [1.807, 2.05) is 24.3 Å². The van der Waals surface area contributed by atoms with Crippen molar-refractivity contribution in [3.63, 3.8) is 0 Å². The molecule has 0 spiro atoms. The van der Waals surface area contributed by atoms with E-state index < -0.39 is 0 Å². The van der Waals surface area contributed by atoms with Crippen molar-refractivity contribution in [1.82, 2.24) is 15.3 Å². The Morgan fingerprint density at radius 1 is 1.35 bits per heavy atom. The number of ether oxygens (including phenoxy) is 3. The molecule has 0 amide bonds. The average molecular weight is 357 g/mol. The van der Waals surface area contributed by atoms with Gasteiger partial charge in [0.25, 0.3) is 0 Å². The number of hydrogen-bond acceptors (Lipinski definition) is 7. The summed E-state index contributed by atoms with van der Waals surface area (Å²) in [7, 11) is 3.00. The van der Waals surface area contributed by atoms with Gasteiger partial charge in [-0.15, -0.1) is 6.58 Å². The van der Waals surface area contributed by atoms with Crippen molar-refractivity contribution in [2.45, 2.75) is 31.4 Å². The molecule has 0 saturated carbocycles. The second kappa shape index (κ2) is 8.14. The second-order valence-corrected chi connectivity index (χ2v) is 6.12. The largest absolute Gasteiger partial charge is 0.497 e. The van der Waals surface area contributed by atoms with Gasteiger partial charge >= 0.3 is 5.97 Å². The van der Waals surface area contributed by atoms with Gasteiger partial charge in [-0.1, -0.05) is 6.08 Å². The number of aryl methyl sites for hydroxylation is 1. The van der Waals surface area contributed by atoms with Crippen molar-refractivity contribution in [2.24, 2.45) is 0 Å². The van der Waals surface area contributed by atoms with Crippen molar-refractivity contribution in [3.8, 4) is 11.6 Å². The first kappa shape index (κ1) is 18.1. The SMILES string of the molecule is C=CCCc1nc2ccc(OC)cc2nc1O[C@H]1CNC(C(=O)OC)C1. The minimum Gasteiger partial charge on any atom is -0.497 e. The summed E-state index contributed by atoms with van der Waals surface area (Å²) >= 11 is 0. The zero-order valence-corrected chi connectivity index (χ0v) is 15.0. The number of carbonyl (C=O) groups is 1. The molecule has 1 unspecified atom stereocenters. The lowest BCUT2D eigenvalue weighted by Gasteiger charge is -2.15. The zero-order valence-electron chi connectivity index (χ0n) is 15.0. The van der Waals surface area contributed by atoms with Gasteiger partial charge in [-0.25, -0.2) is 9.97 Å². The van der Waals surface area contributed by atoms with E-state index in [-0.39, 0.29) is 18.1 Å². The molecule has 7 heteroatoms. The Bertz CT molecular complexity index is 809. The van der Waals surface area contributed by atoms with Crippen LogP contribution in [0, 0.1) is 0 Å². The van der Waals surface area contributed by atoms with Crippen LogP contribution in [-0.2, 0) is 16.0 Å². The smallest absolute Gasteiger partial charge is 0.323 e. The number of nitrogens with zero attached hydrogens (tertiary/aromatic N) is 2. The topological polar surface area (TPSA) is 82.6 Å². The van der Waals surface area contributed by atoms with Crippen LogP contribution in [0.4, 0.5) is 0 Å². The molecule has 1 aromatic carbocycles. The highest BCUT2D eigenvalue weighted by atomic mass is 16.5. The summed E-state index contributed by atoms with van der Waals surface area (Å²) in [5.41, 5.74) is 2.27. The van der Waals surface area contributed by atoms with Crippen molar-refractivity contribution in [1.29, 1.82) is 0 Å². The Morgan fingerprint density at radius 3 is 2.92 bits per heavy atom. The maximum Gasteiger partial charge on any atom is 0.323 e. The van der Waals surface area contributed by atoms with E-state index in [1.54, 1.807) is 7.11 Å². The molecule has 1 aromatic heterocycles. The normalized spacial score (nSPS) is 19.3. The molecule has 2 aromatic rings. The molecular formula is C19H23N3O4. The summed E-state index contributed by atoms with van der Waals surface area (Å²) in [6.07, 6.45) is 3.67. The van der Waals surface area contributed by atoms with E-state index in [0.29, 0.717) is 36.5 Å². The van der Waals surface area contributed by atoms with Gasteiger partial charge in [-0.05, 0) is 25.0 Å². The highest BCUT2D eigenvalue weighted by Crippen LogP contribution is 2.26. The van der Waals surface area contributed by atoms with Gasteiger partial charge in [0.2, 0.25) is 5.88 Å². The number of carbonyl (C=O) groups excluding carboxylic acids is 1. The third-order valence-corrected chi connectivity index (χ3v) is 4.35. The lowest BCUT2D eigenvalue weighted by Crippen LogP contribution is -2.31.